The lowest BCUT2D eigenvalue weighted by Gasteiger charge is -2.35. The number of halogens is 4. The van der Waals surface area contributed by atoms with Crippen LogP contribution in [0.4, 0.5) is 18.9 Å². The molecule has 11 heteroatoms. The molecule has 0 unspecified atom stereocenters. The molecule has 1 aliphatic rings. The van der Waals surface area contributed by atoms with Gasteiger partial charge in [-0.05, 0) is 26.8 Å². The Balaban J connectivity index is 0.00000512. The first-order valence-corrected chi connectivity index (χ1v) is 10.5. The fraction of sp³-hybridized carbons (Fsp3) is 0.667. The van der Waals surface area contributed by atoms with Crippen molar-refractivity contribution in [3.8, 4) is 11.5 Å². The van der Waals surface area contributed by atoms with Crippen LogP contribution in [0, 0.1) is 0 Å². The number of benzene rings is 1. The third-order valence-electron chi connectivity index (χ3n) is 5.08. The lowest BCUT2D eigenvalue weighted by molar-refractivity contribution is -0.142. The summed E-state index contributed by atoms with van der Waals surface area (Å²) in [6, 6.07) is 6.09. The molecule has 0 aliphatic carbocycles. The molecule has 1 aromatic carbocycles. The molecule has 1 fully saturated rings. The molecule has 0 radical (unpaired) electrons. The van der Waals surface area contributed by atoms with Gasteiger partial charge in [0.1, 0.15) is 11.5 Å². The fourth-order valence-corrected chi connectivity index (χ4v) is 3.49. The van der Waals surface area contributed by atoms with Crippen LogP contribution in [0.2, 0.25) is 0 Å². The molecule has 0 spiro atoms. The van der Waals surface area contributed by atoms with Gasteiger partial charge < -0.3 is 25.0 Å². The fourth-order valence-electron chi connectivity index (χ4n) is 3.49. The van der Waals surface area contributed by atoms with E-state index in [4.69, 9.17) is 9.47 Å². The summed E-state index contributed by atoms with van der Waals surface area (Å²) in [5, 5.41) is 6.59. The molecule has 184 valence electrons. The van der Waals surface area contributed by atoms with E-state index in [1.54, 1.807) is 14.2 Å². The topological polar surface area (TPSA) is 61.4 Å². The van der Waals surface area contributed by atoms with E-state index in [9.17, 15) is 13.2 Å². The maximum atomic E-state index is 12.4. The monoisotopic (exact) mass is 573 g/mol. The highest BCUT2D eigenvalue weighted by Gasteiger charge is 2.28. The Kier molecular flexibility index (Phi) is 12.3. The number of nitrogens with one attached hydrogen (secondary N) is 2. The van der Waals surface area contributed by atoms with Gasteiger partial charge in [-0.15, -0.1) is 24.0 Å². The van der Waals surface area contributed by atoms with Crippen LogP contribution in [0.3, 0.4) is 0 Å². The quantitative estimate of drug-likeness (QED) is 0.269. The zero-order valence-electron chi connectivity index (χ0n) is 19.2. The van der Waals surface area contributed by atoms with Gasteiger partial charge >= 0.3 is 6.18 Å². The predicted molar refractivity (Wildman–Crippen MR) is 133 cm³/mol. The van der Waals surface area contributed by atoms with Crippen LogP contribution < -0.4 is 25.0 Å². The van der Waals surface area contributed by atoms with Gasteiger partial charge in [-0.2, -0.15) is 13.2 Å². The standard InChI is InChI=1S/C21H34F3N5O2.HI/c1-5-25-20(26-8-11-28(2)15-21(22,23)24)27-16-6-9-29(10-7-16)17-12-18(30-3)14-19(13-17)31-4;/h12-14,16H,5-11,15H2,1-4H3,(H2,25,26,27);1H. The van der Waals surface area contributed by atoms with Gasteiger partial charge in [0.25, 0.3) is 0 Å². The largest absolute Gasteiger partial charge is 0.497 e. The van der Waals surface area contributed by atoms with Crippen molar-refractivity contribution in [2.75, 3.05) is 65.4 Å². The van der Waals surface area contributed by atoms with Gasteiger partial charge in [-0.25, -0.2) is 0 Å². The van der Waals surface area contributed by atoms with E-state index in [-0.39, 0.29) is 36.6 Å². The molecule has 0 saturated carbocycles. The number of alkyl halides is 3. The number of guanidine groups is 1. The minimum absolute atomic E-state index is 0. The van der Waals surface area contributed by atoms with Crippen molar-refractivity contribution < 1.29 is 22.6 Å². The first-order chi connectivity index (χ1) is 14.7. The molecular formula is C21H35F3IN5O2. The average Bonchev–Trinajstić information content (AvgIpc) is 2.72. The van der Waals surface area contributed by atoms with Crippen molar-refractivity contribution >= 4 is 35.6 Å². The maximum Gasteiger partial charge on any atom is 0.401 e. The third-order valence-corrected chi connectivity index (χ3v) is 5.08. The molecule has 32 heavy (non-hydrogen) atoms. The van der Waals surface area contributed by atoms with Crippen molar-refractivity contribution in [1.82, 2.24) is 15.5 Å². The summed E-state index contributed by atoms with van der Waals surface area (Å²) in [5.74, 6) is 2.16. The van der Waals surface area contributed by atoms with Crippen LogP contribution in [-0.4, -0.2) is 83.6 Å². The molecule has 7 nitrogen and oxygen atoms in total. The van der Waals surface area contributed by atoms with Gasteiger partial charge in [-0.3, -0.25) is 9.89 Å². The van der Waals surface area contributed by atoms with Gasteiger partial charge in [-0.1, -0.05) is 0 Å². The Labute approximate surface area is 205 Å². The van der Waals surface area contributed by atoms with Crippen molar-refractivity contribution in [3.63, 3.8) is 0 Å². The normalized spacial score (nSPS) is 15.4. The molecule has 1 heterocycles. The van der Waals surface area contributed by atoms with Crippen LogP contribution in [0.15, 0.2) is 23.2 Å². The number of aliphatic imine (C=N–C) groups is 1. The van der Waals surface area contributed by atoms with Crippen LogP contribution in [0.5, 0.6) is 11.5 Å². The number of hydrogen-bond acceptors (Lipinski definition) is 5. The molecule has 0 atom stereocenters. The number of methoxy groups -OCH3 is 2. The van der Waals surface area contributed by atoms with Crippen molar-refractivity contribution in [3.05, 3.63) is 18.2 Å². The molecular weight excluding hydrogens is 538 g/mol. The molecule has 1 aliphatic heterocycles. The summed E-state index contributed by atoms with van der Waals surface area (Å²) in [5.41, 5.74) is 1.06. The van der Waals surface area contributed by atoms with Crippen molar-refractivity contribution in [2.45, 2.75) is 32.0 Å². The van der Waals surface area contributed by atoms with E-state index < -0.39 is 12.7 Å². The van der Waals surface area contributed by atoms with Crippen LogP contribution in [-0.2, 0) is 0 Å². The first-order valence-electron chi connectivity index (χ1n) is 10.5. The van der Waals surface area contributed by atoms with Gasteiger partial charge in [0, 0.05) is 56.1 Å². The number of rotatable bonds is 9. The van der Waals surface area contributed by atoms with Gasteiger partial charge in [0.15, 0.2) is 5.96 Å². The number of likely N-dealkylation sites (N-methyl/N-ethyl adjacent to an activating group) is 1. The Morgan fingerprint density at radius 2 is 1.75 bits per heavy atom. The second kappa shape index (κ2) is 13.8. The molecule has 2 N–H and O–H groups in total. The zero-order valence-corrected chi connectivity index (χ0v) is 21.5. The molecule has 0 aromatic heterocycles. The highest BCUT2D eigenvalue weighted by molar-refractivity contribution is 14.0. The summed E-state index contributed by atoms with van der Waals surface area (Å²) in [6.07, 6.45) is -2.36. The van der Waals surface area contributed by atoms with Crippen LogP contribution in [0.25, 0.3) is 0 Å². The summed E-state index contributed by atoms with van der Waals surface area (Å²) in [7, 11) is 4.72. The third kappa shape index (κ3) is 9.88. The Morgan fingerprint density at radius 1 is 1.16 bits per heavy atom. The minimum atomic E-state index is -4.19. The maximum absolute atomic E-state index is 12.4. The SMILES string of the molecule is CCNC(=NCCN(C)CC(F)(F)F)NC1CCN(c2cc(OC)cc(OC)c2)CC1.I. The van der Waals surface area contributed by atoms with Gasteiger partial charge in [0.2, 0.25) is 0 Å². The smallest absolute Gasteiger partial charge is 0.401 e. The molecule has 0 amide bonds. The summed E-state index contributed by atoms with van der Waals surface area (Å²) in [4.78, 5) is 7.96. The second-order valence-corrected chi connectivity index (χ2v) is 7.59. The second-order valence-electron chi connectivity index (χ2n) is 7.59. The number of anilines is 1. The summed E-state index contributed by atoms with van der Waals surface area (Å²) in [6.45, 7) is 3.98. The highest BCUT2D eigenvalue weighted by atomic mass is 127. The molecule has 2 rings (SSSR count). The van der Waals surface area contributed by atoms with Crippen molar-refractivity contribution in [2.24, 2.45) is 4.99 Å². The Morgan fingerprint density at radius 3 is 2.25 bits per heavy atom. The van der Waals surface area contributed by atoms with E-state index >= 15 is 0 Å². The highest BCUT2D eigenvalue weighted by Crippen LogP contribution is 2.30. The lowest BCUT2D eigenvalue weighted by Crippen LogP contribution is -2.49. The van der Waals surface area contributed by atoms with Crippen LogP contribution in [0.1, 0.15) is 19.8 Å². The van der Waals surface area contributed by atoms with Crippen molar-refractivity contribution in [1.29, 1.82) is 0 Å². The molecule has 1 aromatic rings. The molecule has 1 saturated heterocycles. The van der Waals surface area contributed by atoms with E-state index in [0.717, 1.165) is 43.1 Å². The number of piperidine rings is 1. The van der Waals surface area contributed by atoms with E-state index in [1.807, 2.05) is 25.1 Å². The lowest BCUT2D eigenvalue weighted by atomic mass is 10.0. The number of ether oxygens (including phenoxy) is 2. The Hall–Kier alpha value is -1.63. The Bertz CT molecular complexity index is 691. The van der Waals surface area contributed by atoms with E-state index in [1.165, 1.54) is 11.9 Å². The average molecular weight is 573 g/mol. The number of nitrogens with zero attached hydrogens (tertiary/aromatic N) is 3. The summed E-state index contributed by atoms with van der Waals surface area (Å²) >= 11 is 0. The zero-order chi connectivity index (χ0) is 22.9. The van der Waals surface area contributed by atoms with E-state index in [0.29, 0.717) is 19.0 Å². The van der Waals surface area contributed by atoms with Crippen LogP contribution >= 0.6 is 24.0 Å². The molecule has 0 bridgehead atoms. The predicted octanol–water partition coefficient (Wildman–Crippen LogP) is 3.34. The van der Waals surface area contributed by atoms with Gasteiger partial charge in [0.05, 0.1) is 27.3 Å². The first kappa shape index (κ1) is 28.4. The minimum Gasteiger partial charge on any atom is -0.497 e. The van der Waals surface area contributed by atoms with E-state index in [2.05, 4.69) is 20.5 Å². The summed E-state index contributed by atoms with van der Waals surface area (Å²) < 4.78 is 48.0. The number of hydrogen-bond donors (Lipinski definition) is 2.